The number of thioether (sulfide) groups is 1. The summed E-state index contributed by atoms with van der Waals surface area (Å²) in [6.45, 7) is 1.02. The molecule has 0 fully saturated rings. The Morgan fingerprint density at radius 3 is 2.87 bits per heavy atom. The highest BCUT2D eigenvalue weighted by atomic mass is 32.2. The van der Waals surface area contributed by atoms with E-state index in [2.05, 4.69) is 6.07 Å². The molecule has 1 N–H and O–H groups in total. The third-order valence-electron chi connectivity index (χ3n) is 1.73. The van der Waals surface area contributed by atoms with Crippen molar-refractivity contribution in [2.75, 3.05) is 25.6 Å². The van der Waals surface area contributed by atoms with Gasteiger partial charge in [-0.2, -0.15) is 5.26 Å². The lowest BCUT2D eigenvalue weighted by Gasteiger charge is -2.03. The van der Waals surface area contributed by atoms with Crippen LogP contribution in [0.4, 0.5) is 0 Å². The van der Waals surface area contributed by atoms with Crippen LogP contribution < -0.4 is 0 Å². The number of hydrogen-bond acceptors (Lipinski definition) is 4. The number of ether oxygens (including phenoxy) is 1. The Kier molecular flexibility index (Phi) is 5.86. The molecular formula is C11H13NO2S. The molecule has 0 spiro atoms. The second-order valence-corrected chi connectivity index (χ2v) is 3.93. The second-order valence-electron chi connectivity index (χ2n) is 2.79. The van der Waals surface area contributed by atoms with Crippen LogP contribution in [0.2, 0.25) is 0 Å². The molecule has 1 rings (SSSR count). The van der Waals surface area contributed by atoms with E-state index >= 15 is 0 Å². The third-order valence-corrected chi connectivity index (χ3v) is 2.77. The molecule has 4 heteroatoms. The van der Waals surface area contributed by atoms with E-state index in [0.29, 0.717) is 18.8 Å². The van der Waals surface area contributed by atoms with Crippen LogP contribution in [0.1, 0.15) is 5.56 Å². The molecule has 0 radical (unpaired) electrons. The second kappa shape index (κ2) is 7.30. The van der Waals surface area contributed by atoms with Crippen molar-refractivity contribution in [1.82, 2.24) is 0 Å². The molecule has 1 aromatic carbocycles. The predicted octanol–water partition coefficient (Wildman–Crippen LogP) is 1.66. The summed E-state index contributed by atoms with van der Waals surface area (Å²) in [7, 11) is 0. The molecular weight excluding hydrogens is 210 g/mol. The molecule has 0 atom stereocenters. The third kappa shape index (κ3) is 4.34. The molecule has 3 nitrogen and oxygen atoms in total. The van der Waals surface area contributed by atoms with Gasteiger partial charge in [0.1, 0.15) is 6.07 Å². The molecule has 0 aliphatic heterocycles. The number of aliphatic hydroxyl groups is 1. The van der Waals surface area contributed by atoms with E-state index < -0.39 is 0 Å². The van der Waals surface area contributed by atoms with Crippen molar-refractivity contribution in [3.05, 3.63) is 29.8 Å². The maximum absolute atomic E-state index is 8.83. The van der Waals surface area contributed by atoms with E-state index in [9.17, 15) is 0 Å². The average Bonchev–Trinajstić information content (AvgIpc) is 2.29. The number of nitriles is 1. The lowest BCUT2D eigenvalue weighted by molar-refractivity contribution is 0.103. The molecule has 0 aromatic heterocycles. The van der Waals surface area contributed by atoms with Gasteiger partial charge in [-0.3, -0.25) is 0 Å². The Labute approximate surface area is 93.7 Å². The Hall–Kier alpha value is -1.02. The molecule has 0 unspecified atom stereocenters. The normalized spacial score (nSPS) is 9.87. The van der Waals surface area contributed by atoms with E-state index in [0.717, 1.165) is 10.6 Å². The lowest BCUT2D eigenvalue weighted by Crippen LogP contribution is -2.02. The monoisotopic (exact) mass is 223 g/mol. The molecule has 0 bridgehead atoms. The van der Waals surface area contributed by atoms with Gasteiger partial charge in [0, 0.05) is 10.6 Å². The van der Waals surface area contributed by atoms with Gasteiger partial charge in [0.2, 0.25) is 0 Å². The molecule has 80 valence electrons. The zero-order valence-corrected chi connectivity index (χ0v) is 9.17. The molecule has 0 heterocycles. The van der Waals surface area contributed by atoms with E-state index in [1.165, 1.54) is 0 Å². The van der Waals surface area contributed by atoms with E-state index in [-0.39, 0.29) is 6.61 Å². The van der Waals surface area contributed by atoms with Crippen LogP contribution in [-0.2, 0) is 4.74 Å². The number of nitrogens with zero attached hydrogens (tertiary/aromatic N) is 1. The minimum atomic E-state index is 0.0550. The highest BCUT2D eigenvalue weighted by molar-refractivity contribution is 7.99. The first-order chi connectivity index (χ1) is 7.38. The SMILES string of the molecule is N#Cc1ccccc1SCCOCCO. The van der Waals surface area contributed by atoms with Crippen molar-refractivity contribution in [2.45, 2.75) is 4.90 Å². The zero-order chi connectivity index (χ0) is 10.9. The van der Waals surface area contributed by atoms with Crippen molar-refractivity contribution >= 4 is 11.8 Å². The van der Waals surface area contributed by atoms with Crippen molar-refractivity contribution in [3.8, 4) is 6.07 Å². The number of aliphatic hydroxyl groups excluding tert-OH is 1. The summed E-state index contributed by atoms with van der Waals surface area (Å²) in [5.74, 6) is 0.790. The fourth-order valence-electron chi connectivity index (χ4n) is 1.06. The summed E-state index contributed by atoms with van der Waals surface area (Å²) in [5, 5.41) is 17.3. The minimum Gasteiger partial charge on any atom is -0.394 e. The van der Waals surface area contributed by atoms with Gasteiger partial charge in [0.05, 0.1) is 25.4 Å². The van der Waals surface area contributed by atoms with Crippen LogP contribution in [-0.4, -0.2) is 30.7 Å². The van der Waals surface area contributed by atoms with Gasteiger partial charge in [-0.05, 0) is 12.1 Å². The Balaban J connectivity index is 2.34. The first kappa shape index (κ1) is 12.1. The highest BCUT2D eigenvalue weighted by Gasteiger charge is 2.00. The van der Waals surface area contributed by atoms with Crippen molar-refractivity contribution < 1.29 is 9.84 Å². The first-order valence-corrected chi connectivity index (χ1v) is 5.67. The van der Waals surface area contributed by atoms with Crippen molar-refractivity contribution in [3.63, 3.8) is 0 Å². The summed E-state index contributed by atoms with van der Waals surface area (Å²) in [4.78, 5) is 0.979. The average molecular weight is 223 g/mol. The van der Waals surface area contributed by atoms with Gasteiger partial charge in [-0.25, -0.2) is 0 Å². The number of rotatable bonds is 6. The maximum Gasteiger partial charge on any atom is 0.100 e. The summed E-state index contributed by atoms with van der Waals surface area (Å²) in [6.07, 6.45) is 0. The van der Waals surface area contributed by atoms with Gasteiger partial charge in [0.15, 0.2) is 0 Å². The maximum atomic E-state index is 8.83. The largest absolute Gasteiger partial charge is 0.394 e. The van der Waals surface area contributed by atoms with E-state index in [1.807, 2.05) is 18.2 Å². The fourth-order valence-corrected chi connectivity index (χ4v) is 1.93. The van der Waals surface area contributed by atoms with Gasteiger partial charge in [-0.15, -0.1) is 11.8 Å². The molecule has 0 amide bonds. The smallest absolute Gasteiger partial charge is 0.100 e. The molecule has 1 aromatic rings. The first-order valence-electron chi connectivity index (χ1n) is 4.69. The number of benzene rings is 1. The zero-order valence-electron chi connectivity index (χ0n) is 8.35. The van der Waals surface area contributed by atoms with E-state index in [4.69, 9.17) is 15.1 Å². The Morgan fingerprint density at radius 1 is 1.33 bits per heavy atom. The van der Waals surface area contributed by atoms with Crippen LogP contribution in [0.15, 0.2) is 29.2 Å². The standard InChI is InChI=1S/C11H13NO2S/c12-9-10-3-1-2-4-11(10)15-8-7-14-6-5-13/h1-4,13H,5-8H2. The van der Waals surface area contributed by atoms with Gasteiger partial charge >= 0.3 is 0 Å². The molecule has 0 saturated carbocycles. The molecule has 0 aliphatic rings. The Bertz CT molecular complexity index is 336. The summed E-state index contributed by atoms with van der Waals surface area (Å²) >= 11 is 1.59. The topological polar surface area (TPSA) is 53.2 Å². The van der Waals surface area contributed by atoms with Crippen LogP contribution in [0.25, 0.3) is 0 Å². The van der Waals surface area contributed by atoms with Crippen LogP contribution in [0, 0.1) is 11.3 Å². The summed E-state index contributed by atoms with van der Waals surface area (Å²) in [5.41, 5.74) is 0.699. The van der Waals surface area contributed by atoms with Crippen LogP contribution >= 0.6 is 11.8 Å². The molecule has 0 aliphatic carbocycles. The Morgan fingerprint density at radius 2 is 2.13 bits per heavy atom. The minimum absolute atomic E-state index is 0.0550. The molecule has 0 saturated heterocycles. The predicted molar refractivity (Wildman–Crippen MR) is 59.8 cm³/mol. The molecule has 15 heavy (non-hydrogen) atoms. The lowest BCUT2D eigenvalue weighted by atomic mass is 10.2. The fraction of sp³-hybridized carbons (Fsp3) is 0.364. The highest BCUT2D eigenvalue weighted by Crippen LogP contribution is 2.21. The van der Waals surface area contributed by atoms with Gasteiger partial charge < -0.3 is 9.84 Å². The van der Waals surface area contributed by atoms with Crippen molar-refractivity contribution in [2.24, 2.45) is 0 Å². The van der Waals surface area contributed by atoms with Crippen molar-refractivity contribution in [1.29, 1.82) is 5.26 Å². The number of hydrogen-bond donors (Lipinski definition) is 1. The summed E-state index contributed by atoms with van der Waals surface area (Å²) in [6, 6.07) is 9.64. The quantitative estimate of drug-likeness (QED) is 0.588. The van der Waals surface area contributed by atoms with Gasteiger partial charge in [0.25, 0.3) is 0 Å². The van der Waals surface area contributed by atoms with E-state index in [1.54, 1.807) is 17.8 Å². The van der Waals surface area contributed by atoms with Crippen LogP contribution in [0.5, 0.6) is 0 Å². The van der Waals surface area contributed by atoms with Gasteiger partial charge in [-0.1, -0.05) is 12.1 Å². The summed E-state index contributed by atoms with van der Waals surface area (Å²) < 4.78 is 5.12. The van der Waals surface area contributed by atoms with Crippen LogP contribution in [0.3, 0.4) is 0 Å².